The minimum absolute atomic E-state index is 0.0146. The van der Waals surface area contributed by atoms with E-state index in [1.54, 1.807) is 19.1 Å². The van der Waals surface area contributed by atoms with E-state index in [0.717, 1.165) is 17.7 Å². The van der Waals surface area contributed by atoms with Crippen LogP contribution in [-0.2, 0) is 4.74 Å². The Balaban J connectivity index is 2.39. The van der Waals surface area contributed by atoms with E-state index in [9.17, 15) is 19.7 Å². The zero-order valence-electron chi connectivity index (χ0n) is 14.8. The number of hydrogen-bond acceptors (Lipinski definition) is 5. The SMILES string of the molecule is CCOC(=O)c1cc(C(=O)Nc2ccccc2C(C)C)cc([N+](=O)[O-])c1. The topological polar surface area (TPSA) is 98.5 Å². The number of carbonyl (C=O) groups excluding carboxylic acids is 2. The molecule has 0 saturated heterocycles. The molecule has 7 heteroatoms. The molecular formula is C19H20N2O5. The van der Waals surface area contributed by atoms with Crippen molar-refractivity contribution < 1.29 is 19.2 Å². The Hall–Kier alpha value is -3.22. The molecule has 0 radical (unpaired) electrons. The van der Waals surface area contributed by atoms with Gasteiger partial charge in [0.25, 0.3) is 11.6 Å². The van der Waals surface area contributed by atoms with Crippen molar-refractivity contribution in [1.29, 1.82) is 0 Å². The molecule has 0 unspecified atom stereocenters. The van der Waals surface area contributed by atoms with Crippen molar-refractivity contribution in [2.75, 3.05) is 11.9 Å². The molecule has 0 bridgehead atoms. The predicted octanol–water partition coefficient (Wildman–Crippen LogP) is 4.15. The average Bonchev–Trinajstić information content (AvgIpc) is 2.61. The van der Waals surface area contributed by atoms with Crippen LogP contribution in [0.4, 0.5) is 11.4 Å². The summed E-state index contributed by atoms with van der Waals surface area (Å²) in [7, 11) is 0. The molecule has 1 N–H and O–H groups in total. The maximum absolute atomic E-state index is 12.6. The van der Waals surface area contributed by atoms with Gasteiger partial charge in [-0.3, -0.25) is 14.9 Å². The van der Waals surface area contributed by atoms with Gasteiger partial charge in [-0.15, -0.1) is 0 Å². The van der Waals surface area contributed by atoms with Crippen LogP contribution in [0.1, 0.15) is 53.0 Å². The van der Waals surface area contributed by atoms with E-state index >= 15 is 0 Å². The molecule has 1 amide bonds. The summed E-state index contributed by atoms with van der Waals surface area (Å²) < 4.78 is 4.87. The Labute approximate surface area is 151 Å². The Bertz CT molecular complexity index is 846. The fourth-order valence-electron chi connectivity index (χ4n) is 2.49. The largest absolute Gasteiger partial charge is 0.462 e. The number of non-ortho nitro benzene ring substituents is 1. The number of nitro benzene ring substituents is 1. The highest BCUT2D eigenvalue weighted by atomic mass is 16.6. The minimum atomic E-state index is -0.715. The van der Waals surface area contributed by atoms with Crippen molar-refractivity contribution in [3.05, 3.63) is 69.3 Å². The third kappa shape index (κ3) is 4.44. The Morgan fingerprint density at radius 2 is 1.81 bits per heavy atom. The summed E-state index contributed by atoms with van der Waals surface area (Å²) in [6, 6.07) is 10.8. The van der Waals surface area contributed by atoms with Gasteiger partial charge in [-0.25, -0.2) is 4.79 Å². The molecule has 0 fully saturated rings. The molecule has 2 aromatic rings. The number of hydrogen-bond donors (Lipinski definition) is 1. The lowest BCUT2D eigenvalue weighted by Crippen LogP contribution is -2.15. The van der Waals surface area contributed by atoms with Gasteiger partial charge in [-0.05, 0) is 30.5 Å². The minimum Gasteiger partial charge on any atom is -0.462 e. The fraction of sp³-hybridized carbons (Fsp3) is 0.263. The molecule has 2 aromatic carbocycles. The first kappa shape index (κ1) is 19.1. The molecule has 0 aliphatic heterocycles. The van der Waals surface area contributed by atoms with Crippen LogP contribution >= 0.6 is 0 Å². The maximum Gasteiger partial charge on any atom is 0.338 e. The van der Waals surface area contributed by atoms with Crippen molar-refractivity contribution >= 4 is 23.3 Å². The number of para-hydroxylation sites is 1. The lowest BCUT2D eigenvalue weighted by Gasteiger charge is -2.14. The van der Waals surface area contributed by atoms with E-state index in [1.165, 1.54) is 6.07 Å². The number of amides is 1. The van der Waals surface area contributed by atoms with E-state index in [-0.39, 0.29) is 29.3 Å². The number of carbonyl (C=O) groups is 2. The van der Waals surface area contributed by atoms with E-state index in [1.807, 2.05) is 26.0 Å². The van der Waals surface area contributed by atoms with Gasteiger partial charge in [0.1, 0.15) is 0 Å². The summed E-state index contributed by atoms with van der Waals surface area (Å²) in [5, 5.41) is 13.9. The average molecular weight is 356 g/mol. The third-order valence-electron chi connectivity index (χ3n) is 3.73. The van der Waals surface area contributed by atoms with Gasteiger partial charge >= 0.3 is 5.97 Å². The highest BCUT2D eigenvalue weighted by Gasteiger charge is 2.19. The molecule has 0 aromatic heterocycles. The van der Waals surface area contributed by atoms with Crippen molar-refractivity contribution in [2.45, 2.75) is 26.7 Å². The molecule has 0 aliphatic rings. The third-order valence-corrected chi connectivity index (χ3v) is 3.73. The summed E-state index contributed by atoms with van der Waals surface area (Å²) >= 11 is 0. The van der Waals surface area contributed by atoms with Crippen molar-refractivity contribution in [3.63, 3.8) is 0 Å². The normalized spacial score (nSPS) is 10.5. The first-order chi connectivity index (χ1) is 12.3. The number of nitrogens with zero attached hydrogens (tertiary/aromatic N) is 1. The van der Waals surface area contributed by atoms with Crippen LogP contribution in [0.15, 0.2) is 42.5 Å². The zero-order valence-corrected chi connectivity index (χ0v) is 14.8. The maximum atomic E-state index is 12.6. The van der Waals surface area contributed by atoms with E-state index in [0.29, 0.717) is 5.69 Å². The number of anilines is 1. The summed E-state index contributed by atoms with van der Waals surface area (Å²) in [5.74, 6) is -1.06. The quantitative estimate of drug-likeness (QED) is 0.476. The van der Waals surface area contributed by atoms with Crippen molar-refractivity contribution in [2.24, 2.45) is 0 Å². The predicted molar refractivity (Wildman–Crippen MR) is 97.5 cm³/mol. The van der Waals surface area contributed by atoms with Crippen LogP contribution in [0.5, 0.6) is 0 Å². The Morgan fingerprint density at radius 1 is 1.15 bits per heavy atom. The molecule has 0 atom stereocenters. The smallest absolute Gasteiger partial charge is 0.338 e. The summed E-state index contributed by atoms with van der Waals surface area (Å²) in [5.41, 5.74) is 1.19. The number of esters is 1. The Morgan fingerprint density at radius 3 is 2.42 bits per heavy atom. The summed E-state index contributed by atoms with van der Waals surface area (Å²) in [6.45, 7) is 5.75. The molecule has 136 valence electrons. The van der Waals surface area contributed by atoms with Crippen LogP contribution in [-0.4, -0.2) is 23.4 Å². The zero-order chi connectivity index (χ0) is 19.3. The molecule has 2 rings (SSSR count). The van der Waals surface area contributed by atoms with Gasteiger partial charge in [0.2, 0.25) is 0 Å². The van der Waals surface area contributed by atoms with E-state index in [2.05, 4.69) is 5.32 Å². The van der Waals surface area contributed by atoms with E-state index < -0.39 is 16.8 Å². The van der Waals surface area contributed by atoms with Crippen LogP contribution in [0.3, 0.4) is 0 Å². The monoisotopic (exact) mass is 356 g/mol. The van der Waals surface area contributed by atoms with Gasteiger partial charge < -0.3 is 10.1 Å². The van der Waals surface area contributed by atoms with Crippen LogP contribution in [0.25, 0.3) is 0 Å². The number of benzene rings is 2. The first-order valence-electron chi connectivity index (χ1n) is 8.20. The van der Waals surface area contributed by atoms with E-state index in [4.69, 9.17) is 4.74 Å². The highest BCUT2D eigenvalue weighted by Crippen LogP contribution is 2.25. The molecule has 0 heterocycles. The Kier molecular flexibility index (Phi) is 6.06. The van der Waals surface area contributed by atoms with Gasteiger partial charge in [-0.2, -0.15) is 0 Å². The van der Waals surface area contributed by atoms with Gasteiger partial charge in [0.05, 0.1) is 17.1 Å². The lowest BCUT2D eigenvalue weighted by molar-refractivity contribution is -0.384. The van der Waals surface area contributed by atoms with Crippen molar-refractivity contribution in [3.8, 4) is 0 Å². The van der Waals surface area contributed by atoms with Gasteiger partial charge in [0.15, 0.2) is 0 Å². The second-order valence-electron chi connectivity index (χ2n) is 5.94. The molecule has 26 heavy (non-hydrogen) atoms. The molecule has 0 saturated carbocycles. The van der Waals surface area contributed by atoms with Crippen molar-refractivity contribution in [1.82, 2.24) is 0 Å². The number of rotatable bonds is 6. The fourth-order valence-corrected chi connectivity index (χ4v) is 2.49. The molecule has 0 aliphatic carbocycles. The second-order valence-corrected chi connectivity index (χ2v) is 5.94. The number of nitro groups is 1. The summed E-state index contributed by atoms with van der Waals surface area (Å²) in [6.07, 6.45) is 0. The van der Waals surface area contributed by atoms with Crippen LogP contribution in [0, 0.1) is 10.1 Å². The molecule has 0 spiro atoms. The molecular weight excluding hydrogens is 336 g/mol. The summed E-state index contributed by atoms with van der Waals surface area (Å²) in [4.78, 5) is 35.0. The standard InChI is InChI=1S/C19H20N2O5/c1-4-26-19(23)14-9-13(10-15(11-14)21(24)25)18(22)20-17-8-6-5-7-16(17)12(2)3/h5-12H,4H2,1-3H3,(H,20,22). The second kappa shape index (κ2) is 8.24. The van der Waals surface area contributed by atoms with Crippen LogP contribution in [0.2, 0.25) is 0 Å². The molecule has 7 nitrogen and oxygen atoms in total. The lowest BCUT2D eigenvalue weighted by atomic mass is 10.0. The number of nitrogens with one attached hydrogen (secondary N) is 1. The number of ether oxygens (including phenoxy) is 1. The highest BCUT2D eigenvalue weighted by molar-refractivity contribution is 6.06. The van der Waals surface area contributed by atoms with Gasteiger partial charge in [0, 0.05) is 23.4 Å². The van der Waals surface area contributed by atoms with Crippen LogP contribution < -0.4 is 5.32 Å². The van der Waals surface area contributed by atoms with Gasteiger partial charge in [-0.1, -0.05) is 32.0 Å². The first-order valence-corrected chi connectivity index (χ1v) is 8.20.